The number of hydrogen-bond acceptors (Lipinski definition) is 4. The maximum Gasteiger partial charge on any atom is 0.284 e. The van der Waals surface area contributed by atoms with Crippen LogP contribution in [-0.2, 0) is 17.1 Å². The smallest absolute Gasteiger partial charge is 0.284 e. The second-order valence-corrected chi connectivity index (χ2v) is 6.79. The molecule has 1 aromatic carbocycles. The molecule has 0 radical (unpaired) electrons. The number of halogens is 1. The van der Waals surface area contributed by atoms with Gasteiger partial charge in [0.2, 0.25) is 10.0 Å². The van der Waals surface area contributed by atoms with Crippen molar-refractivity contribution in [2.75, 3.05) is 5.75 Å². The topological polar surface area (TPSA) is 81.1 Å². The van der Waals surface area contributed by atoms with E-state index < -0.39 is 15.9 Å². The van der Waals surface area contributed by atoms with E-state index >= 15 is 0 Å². The molecule has 1 aromatic heterocycles. The van der Waals surface area contributed by atoms with Crippen LogP contribution in [0.25, 0.3) is 11.4 Å². The number of hydrogen-bond donors (Lipinski definition) is 1. The molecule has 1 amide bonds. The van der Waals surface area contributed by atoms with Crippen LogP contribution in [0, 0.1) is 0 Å². The third-order valence-corrected chi connectivity index (χ3v) is 4.44. The minimum Gasteiger partial charge on any atom is -0.333 e. The molecular formula is C13H14ClN3O3S. The van der Waals surface area contributed by atoms with Crippen molar-refractivity contribution in [2.24, 2.45) is 7.05 Å². The Morgan fingerprint density at radius 1 is 1.38 bits per heavy atom. The summed E-state index contributed by atoms with van der Waals surface area (Å²) in [7, 11) is -1.91. The first kappa shape index (κ1) is 15.5. The van der Waals surface area contributed by atoms with Crippen molar-refractivity contribution in [3.63, 3.8) is 0 Å². The fourth-order valence-corrected chi connectivity index (χ4v) is 2.49. The summed E-state index contributed by atoms with van der Waals surface area (Å²) in [6.45, 7) is 1.45. The standard InChI is InChI=1S/C13H14ClN3O3S/c1-3-21(19,20)16-13(18)11-8-17(2)12(15-11)9-6-4-5-7-10(9)14/h4-8H,3H2,1-2H3,(H,16,18). The van der Waals surface area contributed by atoms with Gasteiger partial charge in [-0.2, -0.15) is 0 Å². The number of carbonyl (C=O) groups excluding carboxylic acids is 1. The molecule has 2 rings (SSSR count). The maximum absolute atomic E-state index is 11.9. The summed E-state index contributed by atoms with van der Waals surface area (Å²) >= 11 is 6.10. The van der Waals surface area contributed by atoms with E-state index in [2.05, 4.69) is 4.98 Å². The summed E-state index contributed by atoms with van der Waals surface area (Å²) in [5, 5.41) is 0.499. The molecule has 6 nitrogen and oxygen atoms in total. The normalized spacial score (nSPS) is 11.4. The molecule has 1 N–H and O–H groups in total. The summed E-state index contributed by atoms with van der Waals surface area (Å²) in [6.07, 6.45) is 1.46. The maximum atomic E-state index is 11.9. The molecule has 1 heterocycles. The number of carbonyl (C=O) groups is 1. The highest BCUT2D eigenvalue weighted by Gasteiger charge is 2.19. The van der Waals surface area contributed by atoms with Crippen LogP contribution in [0.1, 0.15) is 17.4 Å². The zero-order valence-corrected chi connectivity index (χ0v) is 13.1. The Morgan fingerprint density at radius 2 is 2.05 bits per heavy atom. The fourth-order valence-electron chi connectivity index (χ4n) is 1.73. The molecule has 0 unspecified atom stereocenters. The molecule has 0 aliphatic heterocycles. The predicted octanol–water partition coefficient (Wildman–Crippen LogP) is 1.82. The van der Waals surface area contributed by atoms with Gasteiger partial charge in [0.05, 0.1) is 10.8 Å². The van der Waals surface area contributed by atoms with Crippen LogP contribution >= 0.6 is 11.6 Å². The molecule has 0 fully saturated rings. The number of rotatable bonds is 4. The van der Waals surface area contributed by atoms with Crippen molar-refractivity contribution in [2.45, 2.75) is 6.92 Å². The van der Waals surface area contributed by atoms with Gasteiger partial charge < -0.3 is 4.57 Å². The third kappa shape index (κ3) is 3.43. The molecule has 8 heteroatoms. The Morgan fingerprint density at radius 3 is 2.67 bits per heavy atom. The van der Waals surface area contributed by atoms with Crippen LogP contribution in [0.2, 0.25) is 5.02 Å². The number of aromatic nitrogens is 2. The first-order chi connectivity index (χ1) is 9.84. The SMILES string of the molecule is CCS(=O)(=O)NC(=O)c1cn(C)c(-c2ccccc2Cl)n1. The molecule has 0 aliphatic rings. The highest BCUT2D eigenvalue weighted by atomic mass is 35.5. The van der Waals surface area contributed by atoms with Crippen LogP contribution in [0.15, 0.2) is 30.5 Å². The lowest BCUT2D eigenvalue weighted by molar-refractivity contribution is 0.0977. The largest absolute Gasteiger partial charge is 0.333 e. The summed E-state index contributed by atoms with van der Waals surface area (Å²) < 4.78 is 26.4. The molecule has 2 aromatic rings. The first-order valence-corrected chi connectivity index (χ1v) is 8.20. The van der Waals surface area contributed by atoms with Crippen LogP contribution in [0.5, 0.6) is 0 Å². The predicted molar refractivity (Wildman–Crippen MR) is 80.6 cm³/mol. The van der Waals surface area contributed by atoms with Crippen LogP contribution < -0.4 is 4.72 Å². The summed E-state index contributed by atoms with van der Waals surface area (Å²) in [5.74, 6) is -0.450. The van der Waals surface area contributed by atoms with E-state index in [1.165, 1.54) is 13.1 Å². The lowest BCUT2D eigenvalue weighted by atomic mass is 10.2. The van der Waals surface area contributed by atoms with Crippen LogP contribution in [-0.4, -0.2) is 29.6 Å². The lowest BCUT2D eigenvalue weighted by Gasteiger charge is -2.03. The number of sulfonamides is 1. The second-order valence-electron chi connectivity index (χ2n) is 4.38. The van der Waals surface area contributed by atoms with Gasteiger partial charge in [-0.3, -0.25) is 4.79 Å². The molecule has 0 saturated heterocycles. The molecule has 0 aliphatic carbocycles. The van der Waals surface area contributed by atoms with Gasteiger partial charge in [0, 0.05) is 18.8 Å². The van der Waals surface area contributed by atoms with Gasteiger partial charge in [-0.15, -0.1) is 0 Å². The summed E-state index contributed by atoms with van der Waals surface area (Å²) in [5.41, 5.74) is 0.684. The summed E-state index contributed by atoms with van der Waals surface area (Å²) in [6, 6.07) is 7.08. The van der Waals surface area contributed by atoms with E-state index in [4.69, 9.17) is 11.6 Å². The Bertz CT molecular complexity index is 784. The van der Waals surface area contributed by atoms with E-state index in [-0.39, 0.29) is 11.4 Å². The number of imidazole rings is 1. The van der Waals surface area contributed by atoms with Gasteiger partial charge in [-0.1, -0.05) is 23.7 Å². The van der Waals surface area contributed by atoms with Crippen molar-refractivity contribution in [1.82, 2.24) is 14.3 Å². The van der Waals surface area contributed by atoms with Crippen molar-refractivity contribution in [3.8, 4) is 11.4 Å². The van der Waals surface area contributed by atoms with Gasteiger partial charge in [0.1, 0.15) is 11.5 Å². The number of nitrogens with one attached hydrogen (secondary N) is 1. The minimum atomic E-state index is -3.62. The zero-order valence-electron chi connectivity index (χ0n) is 11.5. The molecule has 0 saturated carbocycles. The van der Waals surface area contributed by atoms with Crippen molar-refractivity contribution < 1.29 is 13.2 Å². The molecule has 112 valence electrons. The van der Waals surface area contributed by atoms with E-state index in [9.17, 15) is 13.2 Å². The quantitative estimate of drug-likeness (QED) is 0.928. The number of amides is 1. The molecule has 21 heavy (non-hydrogen) atoms. The Hall–Kier alpha value is -1.86. The Labute approximate surface area is 127 Å². The van der Waals surface area contributed by atoms with Crippen molar-refractivity contribution in [3.05, 3.63) is 41.2 Å². The van der Waals surface area contributed by atoms with E-state index in [1.54, 1.807) is 35.9 Å². The fraction of sp³-hybridized carbons (Fsp3) is 0.231. The van der Waals surface area contributed by atoms with E-state index in [0.29, 0.717) is 16.4 Å². The van der Waals surface area contributed by atoms with Gasteiger partial charge in [0.25, 0.3) is 5.91 Å². The van der Waals surface area contributed by atoms with E-state index in [1.807, 2.05) is 4.72 Å². The summed E-state index contributed by atoms with van der Waals surface area (Å²) in [4.78, 5) is 16.1. The van der Waals surface area contributed by atoms with Crippen molar-refractivity contribution in [1.29, 1.82) is 0 Å². The molecule has 0 atom stereocenters. The average molecular weight is 328 g/mol. The second kappa shape index (κ2) is 5.87. The molecule has 0 spiro atoms. The Kier molecular flexibility index (Phi) is 4.34. The van der Waals surface area contributed by atoms with Gasteiger partial charge in [-0.25, -0.2) is 18.1 Å². The number of aryl methyl sites for hydroxylation is 1. The average Bonchev–Trinajstić information content (AvgIpc) is 2.81. The monoisotopic (exact) mass is 327 g/mol. The minimum absolute atomic E-state index is 0.0180. The Balaban J connectivity index is 2.36. The van der Waals surface area contributed by atoms with Gasteiger partial charge >= 0.3 is 0 Å². The molecular weight excluding hydrogens is 314 g/mol. The molecule has 0 bridgehead atoms. The van der Waals surface area contributed by atoms with Crippen LogP contribution in [0.3, 0.4) is 0 Å². The number of nitrogens with zero attached hydrogens (tertiary/aromatic N) is 2. The number of benzene rings is 1. The van der Waals surface area contributed by atoms with Crippen molar-refractivity contribution >= 4 is 27.5 Å². The highest BCUT2D eigenvalue weighted by Crippen LogP contribution is 2.26. The van der Waals surface area contributed by atoms with Gasteiger partial charge in [-0.05, 0) is 19.1 Å². The highest BCUT2D eigenvalue weighted by molar-refractivity contribution is 7.90. The van der Waals surface area contributed by atoms with E-state index in [0.717, 1.165) is 0 Å². The van der Waals surface area contributed by atoms with Crippen LogP contribution in [0.4, 0.5) is 0 Å². The lowest BCUT2D eigenvalue weighted by Crippen LogP contribution is -2.31. The van der Waals surface area contributed by atoms with Gasteiger partial charge in [0.15, 0.2) is 0 Å². The first-order valence-electron chi connectivity index (χ1n) is 6.17. The zero-order chi connectivity index (χ0) is 15.6. The third-order valence-electron chi connectivity index (χ3n) is 2.85.